The van der Waals surface area contributed by atoms with Crippen LogP contribution in [-0.4, -0.2) is 41.5 Å². The van der Waals surface area contributed by atoms with Crippen LogP contribution in [0.15, 0.2) is 0 Å². The Labute approximate surface area is 102 Å². The van der Waals surface area contributed by atoms with Gasteiger partial charge in [0.2, 0.25) is 5.91 Å². The number of carboxylic acid groups (broad SMARTS) is 1. The first kappa shape index (κ1) is 14.0. The number of aliphatic carboxylic acids is 1. The van der Waals surface area contributed by atoms with Gasteiger partial charge in [-0.1, -0.05) is 6.92 Å². The summed E-state index contributed by atoms with van der Waals surface area (Å²) >= 11 is 0. The fourth-order valence-electron chi connectivity index (χ4n) is 2.28. The number of carbonyl (C=O) groups is 2. The Morgan fingerprint density at radius 3 is 2.82 bits per heavy atom. The maximum Gasteiger partial charge on any atom is 0.303 e. The second-order valence-corrected chi connectivity index (χ2v) is 4.85. The van der Waals surface area contributed by atoms with Gasteiger partial charge in [0.05, 0.1) is 0 Å². The van der Waals surface area contributed by atoms with Crippen LogP contribution in [0.25, 0.3) is 0 Å². The average Bonchev–Trinajstić information content (AvgIpc) is 2.74. The van der Waals surface area contributed by atoms with Crippen LogP contribution in [0.2, 0.25) is 0 Å². The SMILES string of the molecule is CC(CCN)C(=O)N1CCC(CCC(=O)O)C1. The normalized spacial score (nSPS) is 21.5. The van der Waals surface area contributed by atoms with Crippen molar-refractivity contribution in [1.82, 2.24) is 4.90 Å². The molecule has 1 saturated heterocycles. The molecule has 0 radical (unpaired) electrons. The van der Waals surface area contributed by atoms with E-state index < -0.39 is 5.97 Å². The standard InChI is InChI=1S/C12H22N2O3/c1-9(4-6-13)12(17)14-7-5-10(8-14)2-3-11(15)16/h9-10H,2-8,13H2,1H3,(H,15,16). The van der Waals surface area contributed by atoms with Crippen molar-refractivity contribution in [2.24, 2.45) is 17.6 Å². The molecule has 1 amide bonds. The fraction of sp³-hybridized carbons (Fsp3) is 0.833. The first-order valence-electron chi connectivity index (χ1n) is 6.25. The van der Waals surface area contributed by atoms with Crippen LogP contribution in [0.4, 0.5) is 0 Å². The lowest BCUT2D eigenvalue weighted by Crippen LogP contribution is -2.34. The molecule has 0 spiro atoms. The molecule has 5 heteroatoms. The van der Waals surface area contributed by atoms with E-state index in [1.807, 2.05) is 11.8 Å². The predicted molar refractivity (Wildman–Crippen MR) is 64.4 cm³/mol. The highest BCUT2D eigenvalue weighted by atomic mass is 16.4. The number of hydrogen-bond donors (Lipinski definition) is 2. The van der Waals surface area contributed by atoms with Crippen LogP contribution in [-0.2, 0) is 9.59 Å². The molecule has 1 heterocycles. The van der Waals surface area contributed by atoms with Gasteiger partial charge in [-0.2, -0.15) is 0 Å². The lowest BCUT2D eigenvalue weighted by Gasteiger charge is -2.20. The second kappa shape index (κ2) is 6.59. The molecular weight excluding hydrogens is 220 g/mol. The summed E-state index contributed by atoms with van der Waals surface area (Å²) in [7, 11) is 0. The summed E-state index contributed by atoms with van der Waals surface area (Å²) in [6.07, 6.45) is 2.51. The van der Waals surface area contributed by atoms with E-state index in [4.69, 9.17) is 10.8 Å². The van der Waals surface area contributed by atoms with Gasteiger partial charge in [-0.05, 0) is 31.7 Å². The zero-order valence-corrected chi connectivity index (χ0v) is 10.4. The molecule has 1 aliphatic heterocycles. The predicted octanol–water partition coefficient (Wildman–Crippen LogP) is 0.685. The Morgan fingerprint density at radius 2 is 2.24 bits per heavy atom. The maximum absolute atomic E-state index is 12.0. The molecule has 2 atom stereocenters. The largest absolute Gasteiger partial charge is 0.481 e. The van der Waals surface area contributed by atoms with Gasteiger partial charge in [0.25, 0.3) is 0 Å². The number of nitrogens with two attached hydrogens (primary N) is 1. The number of hydrogen-bond acceptors (Lipinski definition) is 3. The first-order valence-corrected chi connectivity index (χ1v) is 6.25. The summed E-state index contributed by atoms with van der Waals surface area (Å²) in [6.45, 7) is 3.90. The van der Waals surface area contributed by atoms with Crippen LogP contribution in [0, 0.1) is 11.8 Å². The van der Waals surface area contributed by atoms with Crippen LogP contribution in [0.3, 0.4) is 0 Å². The van der Waals surface area contributed by atoms with Crippen molar-refractivity contribution < 1.29 is 14.7 Å². The average molecular weight is 242 g/mol. The summed E-state index contributed by atoms with van der Waals surface area (Å²) < 4.78 is 0. The first-order chi connectivity index (χ1) is 8.04. The molecule has 0 bridgehead atoms. The van der Waals surface area contributed by atoms with E-state index in [1.54, 1.807) is 0 Å². The summed E-state index contributed by atoms with van der Waals surface area (Å²) in [5, 5.41) is 8.61. The number of nitrogens with zero attached hydrogens (tertiary/aromatic N) is 1. The third-order valence-electron chi connectivity index (χ3n) is 3.39. The molecule has 1 fully saturated rings. The maximum atomic E-state index is 12.0. The smallest absolute Gasteiger partial charge is 0.303 e. The van der Waals surface area contributed by atoms with Crippen LogP contribution < -0.4 is 5.73 Å². The van der Waals surface area contributed by atoms with Crippen LogP contribution in [0.1, 0.15) is 32.6 Å². The molecular formula is C12H22N2O3. The summed E-state index contributed by atoms with van der Waals surface area (Å²) in [6, 6.07) is 0. The number of rotatable bonds is 6. The third-order valence-corrected chi connectivity index (χ3v) is 3.39. The van der Waals surface area contributed by atoms with E-state index in [9.17, 15) is 9.59 Å². The molecule has 0 aromatic carbocycles. The minimum absolute atomic E-state index is 0.0155. The monoisotopic (exact) mass is 242 g/mol. The molecule has 2 unspecified atom stereocenters. The van der Waals surface area contributed by atoms with Crippen molar-refractivity contribution in [3.63, 3.8) is 0 Å². The molecule has 3 N–H and O–H groups in total. The van der Waals surface area contributed by atoms with Crippen molar-refractivity contribution >= 4 is 11.9 Å². The highest BCUT2D eigenvalue weighted by molar-refractivity contribution is 5.78. The van der Waals surface area contributed by atoms with Gasteiger partial charge in [-0.25, -0.2) is 0 Å². The Hall–Kier alpha value is -1.10. The van der Waals surface area contributed by atoms with Gasteiger partial charge in [0, 0.05) is 25.4 Å². The molecule has 17 heavy (non-hydrogen) atoms. The van der Waals surface area contributed by atoms with E-state index in [0.29, 0.717) is 25.4 Å². The van der Waals surface area contributed by atoms with Crippen molar-refractivity contribution in [3.8, 4) is 0 Å². The lowest BCUT2D eigenvalue weighted by atomic mass is 10.0. The Bertz CT molecular complexity index is 281. The molecule has 98 valence electrons. The highest BCUT2D eigenvalue weighted by Crippen LogP contribution is 2.22. The van der Waals surface area contributed by atoms with Crippen LogP contribution >= 0.6 is 0 Å². The molecule has 0 aromatic heterocycles. The van der Waals surface area contributed by atoms with Gasteiger partial charge in [-0.15, -0.1) is 0 Å². The van der Waals surface area contributed by atoms with E-state index in [1.165, 1.54) is 0 Å². The lowest BCUT2D eigenvalue weighted by molar-refractivity contribution is -0.137. The molecule has 1 rings (SSSR count). The minimum atomic E-state index is -0.758. The number of carbonyl (C=O) groups excluding carboxylic acids is 1. The topological polar surface area (TPSA) is 83.6 Å². The number of carboxylic acids is 1. The van der Waals surface area contributed by atoms with E-state index in [2.05, 4.69) is 0 Å². The molecule has 0 aromatic rings. The fourth-order valence-corrected chi connectivity index (χ4v) is 2.28. The minimum Gasteiger partial charge on any atom is -0.481 e. The summed E-state index contributed by atoms with van der Waals surface area (Å²) in [4.78, 5) is 24.3. The number of likely N-dealkylation sites (tertiary alicyclic amines) is 1. The van der Waals surface area contributed by atoms with Gasteiger partial charge in [-0.3, -0.25) is 9.59 Å². The molecule has 0 saturated carbocycles. The van der Waals surface area contributed by atoms with Gasteiger partial charge >= 0.3 is 5.97 Å². The summed E-state index contributed by atoms with van der Waals surface area (Å²) in [5.41, 5.74) is 5.44. The van der Waals surface area contributed by atoms with Crippen LogP contribution in [0.5, 0.6) is 0 Å². The Kier molecular flexibility index (Phi) is 5.41. The van der Waals surface area contributed by atoms with Gasteiger partial charge < -0.3 is 15.7 Å². The zero-order chi connectivity index (χ0) is 12.8. The second-order valence-electron chi connectivity index (χ2n) is 4.85. The third kappa shape index (κ3) is 4.34. The van der Waals surface area contributed by atoms with E-state index in [-0.39, 0.29) is 18.2 Å². The van der Waals surface area contributed by atoms with Crippen molar-refractivity contribution in [2.75, 3.05) is 19.6 Å². The quantitative estimate of drug-likeness (QED) is 0.717. The van der Waals surface area contributed by atoms with E-state index >= 15 is 0 Å². The van der Waals surface area contributed by atoms with Crippen molar-refractivity contribution in [2.45, 2.75) is 32.6 Å². The Balaban J connectivity index is 2.34. The summed E-state index contributed by atoms with van der Waals surface area (Å²) in [5.74, 6) is -0.266. The van der Waals surface area contributed by atoms with Gasteiger partial charge in [0.15, 0.2) is 0 Å². The van der Waals surface area contributed by atoms with Crippen molar-refractivity contribution in [3.05, 3.63) is 0 Å². The zero-order valence-electron chi connectivity index (χ0n) is 10.4. The Morgan fingerprint density at radius 1 is 1.53 bits per heavy atom. The molecule has 5 nitrogen and oxygen atoms in total. The van der Waals surface area contributed by atoms with Gasteiger partial charge in [0.1, 0.15) is 0 Å². The number of amides is 1. The molecule has 1 aliphatic rings. The van der Waals surface area contributed by atoms with Crippen molar-refractivity contribution in [1.29, 1.82) is 0 Å². The molecule has 0 aliphatic carbocycles. The van der Waals surface area contributed by atoms with E-state index in [0.717, 1.165) is 19.4 Å². The highest BCUT2D eigenvalue weighted by Gasteiger charge is 2.28.